The molecule has 0 spiro atoms. The lowest BCUT2D eigenvalue weighted by atomic mass is 9.95. The first kappa shape index (κ1) is 16.5. The van der Waals surface area contributed by atoms with Gasteiger partial charge in [0.15, 0.2) is 5.75 Å². The van der Waals surface area contributed by atoms with Crippen LogP contribution in [0.4, 0.5) is 5.69 Å². The van der Waals surface area contributed by atoms with Gasteiger partial charge in [-0.3, -0.25) is 4.79 Å². The van der Waals surface area contributed by atoms with Crippen molar-refractivity contribution in [3.63, 3.8) is 0 Å². The van der Waals surface area contributed by atoms with E-state index in [0.29, 0.717) is 18.0 Å². The van der Waals surface area contributed by atoms with Crippen LogP contribution in [-0.4, -0.2) is 12.5 Å². The molecular weight excluding hydrogens is 300 g/mol. The Morgan fingerprint density at radius 3 is 2.75 bits per heavy atom. The Labute approximate surface area is 143 Å². The van der Waals surface area contributed by atoms with E-state index in [1.165, 1.54) is 0 Å². The van der Waals surface area contributed by atoms with Crippen molar-refractivity contribution < 1.29 is 9.53 Å². The van der Waals surface area contributed by atoms with Crippen molar-refractivity contribution in [2.24, 2.45) is 17.6 Å². The van der Waals surface area contributed by atoms with Crippen LogP contribution < -0.4 is 15.8 Å². The summed E-state index contributed by atoms with van der Waals surface area (Å²) < 4.78 is 5.94. The van der Waals surface area contributed by atoms with Crippen molar-refractivity contribution >= 4 is 11.6 Å². The molecule has 126 valence electrons. The number of anilines is 1. The molecule has 0 heterocycles. The molecule has 0 radical (unpaired) electrons. The van der Waals surface area contributed by atoms with Gasteiger partial charge in [0.1, 0.15) is 5.75 Å². The second-order valence-electron chi connectivity index (χ2n) is 6.44. The van der Waals surface area contributed by atoms with Crippen LogP contribution in [0.15, 0.2) is 48.5 Å². The average molecular weight is 324 g/mol. The maximum atomic E-state index is 12.7. The van der Waals surface area contributed by atoms with Crippen LogP contribution >= 0.6 is 0 Å². The summed E-state index contributed by atoms with van der Waals surface area (Å²) in [5, 5.41) is 3.06. The Balaban J connectivity index is 1.79. The number of rotatable bonds is 5. The predicted octanol–water partition coefficient (Wildman–Crippen LogP) is 4.10. The molecule has 3 N–H and O–H groups in total. The highest BCUT2D eigenvalue weighted by Gasteiger charge is 2.32. The number of amides is 1. The molecule has 0 unspecified atom stereocenters. The van der Waals surface area contributed by atoms with Crippen LogP contribution in [0.2, 0.25) is 0 Å². The maximum Gasteiger partial charge on any atom is 0.227 e. The molecule has 24 heavy (non-hydrogen) atoms. The summed E-state index contributed by atoms with van der Waals surface area (Å²) in [5.41, 5.74) is 7.60. The molecular formula is C20H24N2O2. The van der Waals surface area contributed by atoms with Crippen molar-refractivity contribution in [3.8, 4) is 11.5 Å². The van der Waals surface area contributed by atoms with E-state index in [-0.39, 0.29) is 17.7 Å². The molecule has 1 amide bonds. The summed E-state index contributed by atoms with van der Waals surface area (Å²) >= 11 is 0. The number of hydrogen-bond acceptors (Lipinski definition) is 3. The maximum absolute atomic E-state index is 12.7. The third-order valence-corrected chi connectivity index (χ3v) is 4.66. The van der Waals surface area contributed by atoms with Crippen molar-refractivity contribution in [2.45, 2.75) is 26.2 Å². The number of nitrogens with one attached hydrogen (secondary N) is 1. The normalized spacial score (nSPS) is 19.9. The highest BCUT2D eigenvalue weighted by molar-refractivity contribution is 5.94. The monoisotopic (exact) mass is 324 g/mol. The van der Waals surface area contributed by atoms with Crippen molar-refractivity contribution in [3.05, 3.63) is 54.1 Å². The minimum atomic E-state index is 0.0000810. The smallest absolute Gasteiger partial charge is 0.227 e. The average Bonchev–Trinajstić information content (AvgIpc) is 3.07. The summed E-state index contributed by atoms with van der Waals surface area (Å²) in [6.07, 6.45) is 3.02. The van der Waals surface area contributed by atoms with Gasteiger partial charge < -0.3 is 15.8 Å². The van der Waals surface area contributed by atoms with E-state index in [9.17, 15) is 4.79 Å². The lowest BCUT2D eigenvalue weighted by Gasteiger charge is -2.19. The van der Waals surface area contributed by atoms with Crippen molar-refractivity contribution in [2.75, 3.05) is 11.9 Å². The first-order chi connectivity index (χ1) is 11.7. The van der Waals surface area contributed by atoms with Gasteiger partial charge in [-0.05, 0) is 62.1 Å². The zero-order valence-electron chi connectivity index (χ0n) is 14.0. The summed E-state index contributed by atoms with van der Waals surface area (Å²) in [4.78, 5) is 12.7. The third-order valence-electron chi connectivity index (χ3n) is 4.66. The molecule has 0 saturated heterocycles. The van der Waals surface area contributed by atoms with E-state index in [4.69, 9.17) is 10.5 Å². The summed E-state index contributed by atoms with van der Waals surface area (Å²) in [5.74, 6) is 1.74. The molecule has 2 aromatic rings. The molecule has 0 bridgehead atoms. The number of para-hydroxylation sites is 1. The molecule has 4 heteroatoms. The topological polar surface area (TPSA) is 64.3 Å². The molecule has 0 aliphatic heterocycles. The van der Waals surface area contributed by atoms with Gasteiger partial charge in [-0.25, -0.2) is 0 Å². The van der Waals surface area contributed by atoms with Crippen LogP contribution in [0, 0.1) is 18.8 Å². The van der Waals surface area contributed by atoms with Gasteiger partial charge in [0.05, 0.1) is 5.69 Å². The van der Waals surface area contributed by atoms with Gasteiger partial charge in [-0.2, -0.15) is 0 Å². The number of nitrogens with two attached hydrogens (primary N) is 1. The Bertz CT molecular complexity index is 700. The summed E-state index contributed by atoms with van der Waals surface area (Å²) in [7, 11) is 0. The first-order valence-electron chi connectivity index (χ1n) is 8.52. The molecule has 1 aliphatic carbocycles. The second kappa shape index (κ2) is 7.49. The Kier molecular flexibility index (Phi) is 5.16. The molecule has 1 fully saturated rings. The van der Waals surface area contributed by atoms with Gasteiger partial charge in [0.25, 0.3) is 0 Å². The van der Waals surface area contributed by atoms with Crippen molar-refractivity contribution in [1.82, 2.24) is 0 Å². The Hall–Kier alpha value is -2.33. The predicted molar refractivity (Wildman–Crippen MR) is 96.2 cm³/mol. The van der Waals surface area contributed by atoms with E-state index in [2.05, 4.69) is 5.32 Å². The van der Waals surface area contributed by atoms with Gasteiger partial charge in [-0.15, -0.1) is 0 Å². The van der Waals surface area contributed by atoms with Gasteiger partial charge in [0, 0.05) is 5.92 Å². The Morgan fingerprint density at radius 1 is 1.21 bits per heavy atom. The van der Waals surface area contributed by atoms with Crippen LogP contribution in [0.3, 0.4) is 0 Å². The quantitative estimate of drug-likeness (QED) is 0.870. The number of hydrogen-bond donors (Lipinski definition) is 2. The van der Waals surface area contributed by atoms with E-state index < -0.39 is 0 Å². The standard InChI is InChI=1S/C20H24N2O2/c1-14-10-11-19(24-16-7-3-2-4-8-16)18(12-14)22-20(23)17-9-5-6-15(17)13-21/h2-4,7-8,10-12,15,17H,5-6,9,13,21H2,1H3,(H,22,23)/t15-,17-/m1/s1. The zero-order chi connectivity index (χ0) is 16.9. The third kappa shape index (κ3) is 3.77. The van der Waals surface area contributed by atoms with Gasteiger partial charge >= 0.3 is 0 Å². The lowest BCUT2D eigenvalue weighted by molar-refractivity contribution is -0.120. The van der Waals surface area contributed by atoms with Crippen molar-refractivity contribution in [1.29, 1.82) is 0 Å². The number of ether oxygens (including phenoxy) is 1. The van der Waals surface area contributed by atoms with E-state index in [1.807, 2.05) is 55.5 Å². The van der Waals surface area contributed by atoms with Crippen LogP contribution in [0.25, 0.3) is 0 Å². The minimum Gasteiger partial charge on any atom is -0.455 e. The number of carbonyl (C=O) groups is 1. The lowest BCUT2D eigenvalue weighted by Crippen LogP contribution is -2.29. The van der Waals surface area contributed by atoms with E-state index >= 15 is 0 Å². The number of carbonyl (C=O) groups excluding carboxylic acids is 1. The Morgan fingerprint density at radius 2 is 2.00 bits per heavy atom. The molecule has 4 nitrogen and oxygen atoms in total. The highest BCUT2D eigenvalue weighted by Crippen LogP contribution is 2.34. The van der Waals surface area contributed by atoms with Crippen LogP contribution in [0.1, 0.15) is 24.8 Å². The van der Waals surface area contributed by atoms with E-state index in [0.717, 1.165) is 30.6 Å². The molecule has 2 atom stereocenters. The van der Waals surface area contributed by atoms with E-state index in [1.54, 1.807) is 0 Å². The number of benzene rings is 2. The highest BCUT2D eigenvalue weighted by atomic mass is 16.5. The zero-order valence-corrected chi connectivity index (χ0v) is 14.0. The SMILES string of the molecule is Cc1ccc(Oc2ccccc2)c(NC(=O)[C@@H]2CCC[C@@H]2CN)c1. The number of aryl methyl sites for hydroxylation is 1. The van der Waals surface area contributed by atoms with Gasteiger partial charge in [0.2, 0.25) is 5.91 Å². The van der Waals surface area contributed by atoms with Crippen LogP contribution in [-0.2, 0) is 4.79 Å². The molecule has 1 aliphatic rings. The largest absolute Gasteiger partial charge is 0.455 e. The second-order valence-corrected chi connectivity index (χ2v) is 6.44. The summed E-state index contributed by atoms with van der Waals surface area (Å²) in [6.45, 7) is 2.57. The fourth-order valence-electron chi connectivity index (χ4n) is 3.34. The molecule has 1 saturated carbocycles. The fraction of sp³-hybridized carbons (Fsp3) is 0.350. The van der Waals surface area contributed by atoms with Crippen LogP contribution in [0.5, 0.6) is 11.5 Å². The molecule has 2 aromatic carbocycles. The summed E-state index contributed by atoms with van der Waals surface area (Å²) in [6, 6.07) is 15.4. The molecule has 0 aromatic heterocycles. The van der Waals surface area contributed by atoms with Gasteiger partial charge in [-0.1, -0.05) is 30.7 Å². The molecule has 3 rings (SSSR count). The minimum absolute atomic E-state index is 0.0000810. The first-order valence-corrected chi connectivity index (χ1v) is 8.52. The fourth-order valence-corrected chi connectivity index (χ4v) is 3.34.